The van der Waals surface area contributed by atoms with E-state index >= 15 is 0 Å². The third kappa shape index (κ3) is 2.64. The average molecular weight is 282 g/mol. The van der Waals surface area contributed by atoms with E-state index in [2.05, 4.69) is 0 Å². The minimum absolute atomic E-state index is 0.0198. The Labute approximate surface area is 121 Å². The van der Waals surface area contributed by atoms with Crippen LogP contribution in [0.25, 0.3) is 10.9 Å². The van der Waals surface area contributed by atoms with Gasteiger partial charge in [-0.05, 0) is 34.7 Å². The molecule has 21 heavy (non-hydrogen) atoms. The van der Waals surface area contributed by atoms with Crippen molar-refractivity contribution in [2.24, 2.45) is 0 Å². The minimum Gasteiger partial charge on any atom is -0.392 e. The van der Waals surface area contributed by atoms with E-state index in [-0.39, 0.29) is 17.2 Å². The second-order valence-electron chi connectivity index (χ2n) is 4.92. The smallest absolute Gasteiger partial charge is 0.269 e. The number of non-ortho nitro benzene ring substituents is 1. The first kappa shape index (κ1) is 13.3. The zero-order valence-electron chi connectivity index (χ0n) is 11.3. The van der Waals surface area contributed by atoms with Gasteiger partial charge in [-0.3, -0.25) is 10.1 Å². The van der Waals surface area contributed by atoms with Crippen molar-refractivity contribution >= 4 is 16.6 Å². The molecule has 0 saturated carbocycles. The van der Waals surface area contributed by atoms with Crippen molar-refractivity contribution in [2.45, 2.75) is 13.2 Å². The van der Waals surface area contributed by atoms with E-state index in [1.54, 1.807) is 12.1 Å². The van der Waals surface area contributed by atoms with Gasteiger partial charge in [0.2, 0.25) is 0 Å². The van der Waals surface area contributed by atoms with Gasteiger partial charge in [0.25, 0.3) is 5.69 Å². The van der Waals surface area contributed by atoms with E-state index < -0.39 is 0 Å². The van der Waals surface area contributed by atoms with Crippen LogP contribution in [0, 0.1) is 10.1 Å². The Morgan fingerprint density at radius 3 is 2.71 bits per heavy atom. The second kappa shape index (κ2) is 5.38. The van der Waals surface area contributed by atoms with E-state index in [9.17, 15) is 10.1 Å². The van der Waals surface area contributed by atoms with E-state index in [1.807, 2.05) is 41.1 Å². The number of fused-ring (bicyclic) bond motifs is 1. The zero-order chi connectivity index (χ0) is 14.8. The van der Waals surface area contributed by atoms with Crippen molar-refractivity contribution in [2.75, 3.05) is 0 Å². The van der Waals surface area contributed by atoms with Gasteiger partial charge in [-0.15, -0.1) is 0 Å². The van der Waals surface area contributed by atoms with Gasteiger partial charge in [-0.25, -0.2) is 0 Å². The molecule has 1 heterocycles. The molecule has 0 spiro atoms. The molecule has 0 amide bonds. The fraction of sp³-hybridized carbons (Fsp3) is 0.125. The number of nitrogens with zero attached hydrogens (tertiary/aromatic N) is 2. The summed E-state index contributed by atoms with van der Waals surface area (Å²) in [6.07, 6.45) is 1.95. The van der Waals surface area contributed by atoms with Gasteiger partial charge < -0.3 is 9.67 Å². The van der Waals surface area contributed by atoms with Gasteiger partial charge in [0.1, 0.15) is 0 Å². The van der Waals surface area contributed by atoms with Crippen LogP contribution in [0.4, 0.5) is 5.69 Å². The van der Waals surface area contributed by atoms with Crippen molar-refractivity contribution in [3.05, 3.63) is 76.0 Å². The maximum atomic E-state index is 10.8. The van der Waals surface area contributed by atoms with Crippen LogP contribution >= 0.6 is 0 Å². The van der Waals surface area contributed by atoms with Crippen molar-refractivity contribution in [1.29, 1.82) is 0 Å². The van der Waals surface area contributed by atoms with E-state index in [0.717, 1.165) is 22.0 Å². The monoisotopic (exact) mass is 282 g/mol. The molecule has 1 N–H and O–H groups in total. The fourth-order valence-electron chi connectivity index (χ4n) is 2.45. The predicted octanol–water partition coefficient (Wildman–Crippen LogP) is 3.09. The Hall–Kier alpha value is -2.66. The zero-order valence-corrected chi connectivity index (χ0v) is 11.3. The molecule has 0 unspecified atom stereocenters. The highest BCUT2D eigenvalue weighted by Crippen LogP contribution is 2.20. The van der Waals surface area contributed by atoms with Gasteiger partial charge in [-0.2, -0.15) is 0 Å². The molecule has 5 heteroatoms. The van der Waals surface area contributed by atoms with Crippen molar-refractivity contribution in [3.8, 4) is 0 Å². The Morgan fingerprint density at radius 2 is 1.95 bits per heavy atom. The number of aliphatic hydroxyl groups is 1. The first-order valence-corrected chi connectivity index (χ1v) is 6.59. The Morgan fingerprint density at radius 1 is 1.10 bits per heavy atom. The van der Waals surface area contributed by atoms with E-state index in [0.29, 0.717) is 6.54 Å². The Bertz CT molecular complexity index is 808. The molecule has 0 fully saturated rings. The average Bonchev–Trinajstić information content (AvgIpc) is 2.89. The number of nitro groups is 1. The number of hydrogen-bond acceptors (Lipinski definition) is 3. The number of rotatable bonds is 4. The van der Waals surface area contributed by atoms with Crippen molar-refractivity contribution < 1.29 is 10.0 Å². The quantitative estimate of drug-likeness (QED) is 0.590. The van der Waals surface area contributed by atoms with E-state index in [4.69, 9.17) is 5.11 Å². The predicted molar refractivity (Wildman–Crippen MR) is 80.1 cm³/mol. The summed E-state index contributed by atoms with van der Waals surface area (Å²) in [5.41, 5.74) is 2.90. The topological polar surface area (TPSA) is 68.3 Å². The highest BCUT2D eigenvalue weighted by molar-refractivity contribution is 5.81. The molecule has 3 aromatic rings. The molecule has 0 atom stereocenters. The molecule has 0 bridgehead atoms. The van der Waals surface area contributed by atoms with Crippen LogP contribution in [0.15, 0.2) is 54.7 Å². The number of nitro benzene ring substituents is 1. The van der Waals surface area contributed by atoms with Crippen LogP contribution in [-0.4, -0.2) is 14.6 Å². The summed E-state index contributed by atoms with van der Waals surface area (Å²) in [7, 11) is 0. The molecule has 0 aliphatic rings. The summed E-state index contributed by atoms with van der Waals surface area (Å²) in [4.78, 5) is 10.4. The van der Waals surface area contributed by atoms with Crippen LogP contribution < -0.4 is 0 Å². The molecule has 0 saturated heterocycles. The van der Waals surface area contributed by atoms with Gasteiger partial charge in [-0.1, -0.05) is 18.2 Å². The SMILES string of the molecule is O=[N+]([O-])c1cccc(Cn2ccc3cc(CO)ccc32)c1. The van der Waals surface area contributed by atoms with Gasteiger partial charge in [0.15, 0.2) is 0 Å². The van der Waals surface area contributed by atoms with Crippen LogP contribution in [0.2, 0.25) is 0 Å². The Kier molecular flexibility index (Phi) is 3.41. The van der Waals surface area contributed by atoms with Gasteiger partial charge >= 0.3 is 0 Å². The normalized spacial score (nSPS) is 10.9. The lowest BCUT2D eigenvalue weighted by Crippen LogP contribution is -1.99. The van der Waals surface area contributed by atoms with Crippen LogP contribution in [0.1, 0.15) is 11.1 Å². The standard InChI is InChI=1S/C16H14N2O3/c19-11-13-4-5-16-14(8-13)6-7-17(16)10-12-2-1-3-15(9-12)18(20)21/h1-9,19H,10-11H2. The maximum Gasteiger partial charge on any atom is 0.269 e. The third-order valence-electron chi connectivity index (χ3n) is 3.49. The second-order valence-corrected chi connectivity index (χ2v) is 4.92. The molecule has 5 nitrogen and oxygen atoms in total. The summed E-state index contributed by atoms with van der Waals surface area (Å²) in [6.45, 7) is 0.593. The maximum absolute atomic E-state index is 10.8. The first-order chi connectivity index (χ1) is 10.2. The molecule has 0 aliphatic heterocycles. The summed E-state index contributed by atoms with van der Waals surface area (Å²) in [5.74, 6) is 0. The fourth-order valence-corrected chi connectivity index (χ4v) is 2.45. The van der Waals surface area contributed by atoms with Crippen LogP contribution in [0.3, 0.4) is 0 Å². The number of aliphatic hydroxyl groups excluding tert-OH is 1. The number of hydrogen-bond donors (Lipinski definition) is 1. The molecule has 2 aromatic carbocycles. The molecule has 106 valence electrons. The van der Waals surface area contributed by atoms with Crippen LogP contribution in [0.5, 0.6) is 0 Å². The molecule has 1 aromatic heterocycles. The first-order valence-electron chi connectivity index (χ1n) is 6.59. The highest BCUT2D eigenvalue weighted by atomic mass is 16.6. The lowest BCUT2D eigenvalue weighted by molar-refractivity contribution is -0.384. The van der Waals surface area contributed by atoms with Gasteiger partial charge in [0, 0.05) is 30.4 Å². The summed E-state index contributed by atoms with van der Waals surface area (Å²) < 4.78 is 2.04. The Balaban J connectivity index is 1.95. The van der Waals surface area contributed by atoms with E-state index in [1.165, 1.54) is 6.07 Å². The largest absolute Gasteiger partial charge is 0.392 e. The molecular formula is C16H14N2O3. The molecular weight excluding hydrogens is 268 g/mol. The lowest BCUT2D eigenvalue weighted by Gasteiger charge is -2.06. The van der Waals surface area contributed by atoms with Gasteiger partial charge in [0.05, 0.1) is 11.5 Å². The lowest BCUT2D eigenvalue weighted by atomic mass is 10.1. The summed E-state index contributed by atoms with van der Waals surface area (Å²) in [6, 6.07) is 14.4. The number of aromatic nitrogens is 1. The van der Waals surface area contributed by atoms with Crippen molar-refractivity contribution in [3.63, 3.8) is 0 Å². The van der Waals surface area contributed by atoms with Crippen LogP contribution in [-0.2, 0) is 13.2 Å². The summed E-state index contributed by atoms with van der Waals surface area (Å²) >= 11 is 0. The molecule has 3 rings (SSSR count). The summed E-state index contributed by atoms with van der Waals surface area (Å²) in [5, 5.41) is 21.0. The minimum atomic E-state index is -0.384. The molecule has 0 aliphatic carbocycles. The van der Waals surface area contributed by atoms with Crippen molar-refractivity contribution in [1.82, 2.24) is 4.57 Å². The number of benzene rings is 2. The third-order valence-corrected chi connectivity index (χ3v) is 3.49. The molecule has 0 radical (unpaired) electrons. The highest BCUT2D eigenvalue weighted by Gasteiger charge is 2.07.